The molecule has 0 bridgehead atoms. The van der Waals surface area contributed by atoms with Crippen LogP contribution in [-0.4, -0.2) is 39.4 Å². The monoisotopic (exact) mass is 355 g/mol. The Balaban J connectivity index is 1.43. The summed E-state index contributed by atoms with van der Waals surface area (Å²) in [6.07, 6.45) is 4.15. The summed E-state index contributed by atoms with van der Waals surface area (Å²) in [5.74, 6) is 3.25. The van der Waals surface area contributed by atoms with Gasteiger partial charge in [-0.2, -0.15) is 0 Å². The number of nitrogens with zero attached hydrogens (tertiary/aromatic N) is 4. The van der Waals surface area contributed by atoms with Crippen molar-refractivity contribution in [1.82, 2.24) is 25.0 Å². The summed E-state index contributed by atoms with van der Waals surface area (Å²) >= 11 is 0. The maximum absolute atomic E-state index is 12.7. The van der Waals surface area contributed by atoms with Crippen LogP contribution in [0.3, 0.4) is 0 Å². The third-order valence-corrected chi connectivity index (χ3v) is 5.15. The van der Waals surface area contributed by atoms with Gasteiger partial charge in [0.15, 0.2) is 5.82 Å². The maximum atomic E-state index is 12.7. The maximum Gasteiger partial charge on any atom is 0.318 e. The Morgan fingerprint density at radius 1 is 1.31 bits per heavy atom. The molecule has 2 aliphatic rings. The van der Waals surface area contributed by atoms with Gasteiger partial charge in [-0.25, -0.2) is 4.79 Å². The molecule has 2 amide bonds. The lowest BCUT2D eigenvalue weighted by Crippen LogP contribution is -2.39. The molecule has 4 rings (SSSR count). The van der Waals surface area contributed by atoms with Crippen molar-refractivity contribution < 1.29 is 9.53 Å². The van der Waals surface area contributed by atoms with Crippen LogP contribution in [0.15, 0.2) is 24.3 Å². The number of nitrogens with one attached hydrogen (secondary N) is 1. The van der Waals surface area contributed by atoms with Gasteiger partial charge in [-0.3, -0.25) is 0 Å². The largest absolute Gasteiger partial charge is 0.493 e. The molecular weight excluding hydrogens is 330 g/mol. The molecule has 1 atom stereocenters. The van der Waals surface area contributed by atoms with Gasteiger partial charge in [-0.1, -0.05) is 18.2 Å². The van der Waals surface area contributed by atoms with Gasteiger partial charge in [-0.15, -0.1) is 10.2 Å². The molecule has 2 heterocycles. The molecule has 1 aromatic carbocycles. The minimum absolute atomic E-state index is 0.0369. The second-order valence-electron chi connectivity index (χ2n) is 7.19. The quantitative estimate of drug-likeness (QED) is 0.915. The van der Waals surface area contributed by atoms with Crippen molar-refractivity contribution in [3.05, 3.63) is 41.5 Å². The number of benzene rings is 1. The Morgan fingerprint density at radius 2 is 2.12 bits per heavy atom. The van der Waals surface area contributed by atoms with Crippen molar-refractivity contribution in [3.63, 3.8) is 0 Å². The lowest BCUT2D eigenvalue weighted by atomic mass is 10.0. The van der Waals surface area contributed by atoms with E-state index in [4.69, 9.17) is 4.74 Å². The van der Waals surface area contributed by atoms with Gasteiger partial charge in [0.05, 0.1) is 19.2 Å². The first-order valence-corrected chi connectivity index (χ1v) is 9.25. The molecule has 1 aromatic heterocycles. The highest BCUT2D eigenvalue weighted by atomic mass is 16.5. The molecule has 0 spiro atoms. The van der Waals surface area contributed by atoms with Gasteiger partial charge in [0.2, 0.25) is 0 Å². The second-order valence-corrected chi connectivity index (χ2v) is 7.19. The van der Waals surface area contributed by atoms with Crippen LogP contribution in [0.5, 0.6) is 5.75 Å². The molecule has 7 nitrogen and oxygen atoms in total. The van der Waals surface area contributed by atoms with E-state index in [0.717, 1.165) is 35.8 Å². The predicted molar refractivity (Wildman–Crippen MR) is 96.9 cm³/mol. The molecule has 1 aliphatic carbocycles. The van der Waals surface area contributed by atoms with E-state index in [-0.39, 0.29) is 12.1 Å². The van der Waals surface area contributed by atoms with Crippen LogP contribution in [0.25, 0.3) is 0 Å². The van der Waals surface area contributed by atoms with Gasteiger partial charge in [-0.05, 0) is 31.7 Å². The summed E-state index contributed by atoms with van der Waals surface area (Å²) in [4.78, 5) is 14.4. The number of carbonyl (C=O) groups is 1. The molecule has 0 radical (unpaired) electrons. The second kappa shape index (κ2) is 6.97. The van der Waals surface area contributed by atoms with Crippen LogP contribution >= 0.6 is 0 Å². The summed E-state index contributed by atoms with van der Waals surface area (Å²) < 4.78 is 7.80. The third kappa shape index (κ3) is 3.38. The van der Waals surface area contributed by atoms with Crippen LogP contribution in [0.4, 0.5) is 4.79 Å². The van der Waals surface area contributed by atoms with E-state index < -0.39 is 0 Å². The fraction of sp³-hybridized carbons (Fsp3) is 0.526. The van der Waals surface area contributed by atoms with Crippen LogP contribution < -0.4 is 10.1 Å². The van der Waals surface area contributed by atoms with Crippen molar-refractivity contribution in [2.75, 3.05) is 13.7 Å². The van der Waals surface area contributed by atoms with E-state index in [2.05, 4.69) is 15.5 Å². The Hall–Kier alpha value is -2.57. The average molecular weight is 355 g/mol. The SMILES string of the molecule is CN(Cc1nnc(C2CC2)n1C)C(=O)NC1CCCOc2ccccc21. The highest BCUT2D eigenvalue weighted by molar-refractivity contribution is 5.74. The summed E-state index contributed by atoms with van der Waals surface area (Å²) in [6, 6.07) is 7.78. The molecule has 1 unspecified atom stereocenters. The minimum Gasteiger partial charge on any atom is -0.493 e. The molecule has 7 heteroatoms. The standard InChI is InChI=1S/C19H25N5O2/c1-23(12-17-21-22-18(24(17)2)13-9-10-13)19(25)20-15-7-5-11-26-16-8-4-3-6-14(15)16/h3-4,6,8,13,15H,5,7,9-12H2,1-2H3,(H,20,25). The normalized spacial score (nSPS) is 19.2. The molecular formula is C19H25N5O2. The number of fused-ring (bicyclic) bond motifs is 1. The van der Waals surface area contributed by atoms with Crippen molar-refractivity contribution in [1.29, 1.82) is 0 Å². The molecule has 1 saturated carbocycles. The van der Waals surface area contributed by atoms with E-state index in [1.807, 2.05) is 35.9 Å². The number of carbonyl (C=O) groups excluding carboxylic acids is 1. The topological polar surface area (TPSA) is 72.3 Å². The lowest BCUT2D eigenvalue weighted by Gasteiger charge is -2.23. The first kappa shape index (κ1) is 16.9. The molecule has 138 valence electrons. The van der Waals surface area contributed by atoms with Crippen LogP contribution in [0.1, 0.15) is 54.9 Å². The third-order valence-electron chi connectivity index (χ3n) is 5.15. The van der Waals surface area contributed by atoms with Crippen molar-refractivity contribution in [2.45, 2.75) is 44.2 Å². The Kier molecular flexibility index (Phi) is 4.53. The number of hydrogen-bond acceptors (Lipinski definition) is 4. The van der Waals surface area contributed by atoms with Crippen molar-refractivity contribution in [3.8, 4) is 5.75 Å². The van der Waals surface area contributed by atoms with E-state index >= 15 is 0 Å². The number of urea groups is 1. The van der Waals surface area contributed by atoms with Crippen LogP contribution in [-0.2, 0) is 13.6 Å². The number of amides is 2. The highest BCUT2D eigenvalue weighted by Gasteiger charge is 2.30. The van der Waals surface area contributed by atoms with Crippen molar-refractivity contribution >= 4 is 6.03 Å². The number of para-hydroxylation sites is 1. The van der Waals surface area contributed by atoms with Gasteiger partial charge in [0, 0.05) is 25.6 Å². The van der Waals surface area contributed by atoms with Gasteiger partial charge in [0.25, 0.3) is 0 Å². The van der Waals surface area contributed by atoms with E-state index in [1.165, 1.54) is 12.8 Å². The molecule has 1 N–H and O–H groups in total. The van der Waals surface area contributed by atoms with E-state index in [1.54, 1.807) is 11.9 Å². The van der Waals surface area contributed by atoms with E-state index in [0.29, 0.717) is 19.1 Å². The molecule has 1 aliphatic heterocycles. The smallest absolute Gasteiger partial charge is 0.318 e. The van der Waals surface area contributed by atoms with Crippen molar-refractivity contribution in [2.24, 2.45) is 7.05 Å². The fourth-order valence-corrected chi connectivity index (χ4v) is 3.43. The van der Waals surface area contributed by atoms with Gasteiger partial charge in [0.1, 0.15) is 11.6 Å². The minimum atomic E-state index is -0.109. The number of ether oxygens (including phenoxy) is 1. The molecule has 26 heavy (non-hydrogen) atoms. The zero-order valence-corrected chi connectivity index (χ0v) is 15.3. The number of hydrogen-bond donors (Lipinski definition) is 1. The van der Waals surface area contributed by atoms with E-state index in [9.17, 15) is 4.79 Å². The predicted octanol–water partition coefficient (Wildman–Crippen LogP) is 2.75. The molecule has 1 fully saturated rings. The van der Waals surface area contributed by atoms with Gasteiger partial charge < -0.3 is 19.5 Å². The van der Waals surface area contributed by atoms with Crippen LogP contribution in [0.2, 0.25) is 0 Å². The zero-order valence-electron chi connectivity index (χ0n) is 15.3. The Morgan fingerprint density at radius 3 is 2.92 bits per heavy atom. The summed E-state index contributed by atoms with van der Waals surface area (Å²) in [5, 5.41) is 11.7. The first-order chi connectivity index (χ1) is 12.6. The number of aromatic nitrogens is 3. The highest BCUT2D eigenvalue weighted by Crippen LogP contribution is 2.38. The Labute approximate surface area is 153 Å². The van der Waals surface area contributed by atoms with Crippen LogP contribution in [0, 0.1) is 0 Å². The molecule has 0 saturated heterocycles. The zero-order chi connectivity index (χ0) is 18.1. The molecule has 2 aromatic rings. The fourth-order valence-electron chi connectivity index (χ4n) is 3.43. The summed E-state index contributed by atoms with van der Waals surface area (Å²) in [7, 11) is 3.77. The Bertz CT molecular complexity index is 799. The average Bonchev–Trinajstić information content (AvgIpc) is 3.44. The van der Waals surface area contributed by atoms with Gasteiger partial charge >= 0.3 is 6.03 Å². The number of rotatable bonds is 4. The summed E-state index contributed by atoms with van der Waals surface area (Å²) in [6.45, 7) is 1.12. The summed E-state index contributed by atoms with van der Waals surface area (Å²) in [5.41, 5.74) is 1.04. The lowest BCUT2D eigenvalue weighted by molar-refractivity contribution is 0.200. The first-order valence-electron chi connectivity index (χ1n) is 9.25.